The van der Waals surface area contributed by atoms with Gasteiger partial charge in [0.25, 0.3) is 0 Å². The Bertz CT molecular complexity index is 353. The number of aromatic nitrogens is 2. The molecule has 0 atom stereocenters. The summed E-state index contributed by atoms with van der Waals surface area (Å²) in [6, 6.07) is 0.387. The maximum Gasteiger partial charge on any atom is 0.241 e. The van der Waals surface area contributed by atoms with E-state index in [4.69, 9.17) is 0 Å². The molecule has 1 aliphatic carbocycles. The monoisotopic (exact) mass is 221 g/mol. The third kappa shape index (κ3) is 3.08. The fraction of sp³-hybridized carbons (Fsp3) is 0.667. The molecule has 16 heavy (non-hydrogen) atoms. The predicted octanol–water partition coefficient (Wildman–Crippen LogP) is 1.64. The molecular formula is C12H19N3O. The molecule has 0 aliphatic heterocycles. The molecule has 1 aromatic rings. The summed E-state index contributed by atoms with van der Waals surface area (Å²) < 4.78 is 1.69. The Morgan fingerprint density at radius 2 is 2.25 bits per heavy atom. The van der Waals surface area contributed by atoms with E-state index in [-0.39, 0.29) is 5.91 Å². The van der Waals surface area contributed by atoms with Gasteiger partial charge in [-0.15, -0.1) is 0 Å². The van der Waals surface area contributed by atoms with Gasteiger partial charge in [0.2, 0.25) is 5.91 Å². The van der Waals surface area contributed by atoms with Crippen molar-refractivity contribution in [3.05, 3.63) is 18.0 Å². The van der Waals surface area contributed by atoms with Crippen LogP contribution in [0.25, 0.3) is 0 Å². The molecule has 0 bridgehead atoms. The third-order valence-electron chi connectivity index (χ3n) is 3.04. The molecule has 1 N–H and O–H groups in total. The van der Waals surface area contributed by atoms with E-state index < -0.39 is 0 Å². The Balaban J connectivity index is 1.79. The van der Waals surface area contributed by atoms with Crippen molar-refractivity contribution in [1.29, 1.82) is 0 Å². The second-order valence-electron chi connectivity index (χ2n) is 4.62. The zero-order chi connectivity index (χ0) is 11.4. The lowest BCUT2D eigenvalue weighted by molar-refractivity contribution is -0.122. The predicted molar refractivity (Wildman–Crippen MR) is 62.0 cm³/mol. The Morgan fingerprint density at radius 1 is 1.50 bits per heavy atom. The average Bonchev–Trinajstić information content (AvgIpc) is 2.65. The lowest BCUT2D eigenvalue weighted by Gasteiger charge is -2.22. The van der Waals surface area contributed by atoms with Crippen LogP contribution in [0.15, 0.2) is 12.4 Å². The fourth-order valence-corrected chi connectivity index (χ4v) is 2.22. The number of rotatable bonds is 3. The van der Waals surface area contributed by atoms with Crippen LogP contribution < -0.4 is 5.32 Å². The van der Waals surface area contributed by atoms with Gasteiger partial charge < -0.3 is 5.32 Å². The van der Waals surface area contributed by atoms with Crippen molar-refractivity contribution in [3.63, 3.8) is 0 Å². The summed E-state index contributed by atoms with van der Waals surface area (Å²) in [5.74, 6) is 0.0787. The Hall–Kier alpha value is -1.32. The molecule has 1 aliphatic rings. The second-order valence-corrected chi connectivity index (χ2v) is 4.62. The first-order chi connectivity index (χ1) is 7.74. The molecule has 4 nitrogen and oxygen atoms in total. The highest BCUT2D eigenvalue weighted by Gasteiger charge is 2.15. The summed E-state index contributed by atoms with van der Waals surface area (Å²) in [5, 5.41) is 7.18. The van der Waals surface area contributed by atoms with Crippen molar-refractivity contribution >= 4 is 5.91 Å². The van der Waals surface area contributed by atoms with E-state index >= 15 is 0 Å². The fourth-order valence-electron chi connectivity index (χ4n) is 2.22. The second kappa shape index (κ2) is 5.14. The van der Waals surface area contributed by atoms with Crippen LogP contribution in [0.2, 0.25) is 0 Å². The van der Waals surface area contributed by atoms with Crippen LogP contribution in [0.1, 0.15) is 37.7 Å². The lowest BCUT2D eigenvalue weighted by Crippen LogP contribution is -2.38. The first-order valence-corrected chi connectivity index (χ1v) is 6.02. The molecule has 0 radical (unpaired) electrons. The van der Waals surface area contributed by atoms with Crippen LogP contribution in [0.4, 0.5) is 0 Å². The van der Waals surface area contributed by atoms with E-state index in [1.165, 1.54) is 19.3 Å². The zero-order valence-corrected chi connectivity index (χ0v) is 9.78. The molecule has 1 amide bonds. The van der Waals surface area contributed by atoms with Gasteiger partial charge in [0, 0.05) is 12.2 Å². The molecule has 0 unspecified atom stereocenters. The quantitative estimate of drug-likeness (QED) is 0.843. The topological polar surface area (TPSA) is 46.9 Å². The lowest BCUT2D eigenvalue weighted by atomic mass is 9.95. The van der Waals surface area contributed by atoms with Crippen molar-refractivity contribution in [3.8, 4) is 0 Å². The van der Waals surface area contributed by atoms with Gasteiger partial charge in [-0.3, -0.25) is 9.48 Å². The summed E-state index contributed by atoms with van der Waals surface area (Å²) in [6.07, 6.45) is 9.71. The molecular weight excluding hydrogens is 202 g/mol. The van der Waals surface area contributed by atoms with Crippen LogP contribution in [0.3, 0.4) is 0 Å². The minimum absolute atomic E-state index is 0.0787. The minimum Gasteiger partial charge on any atom is -0.352 e. The number of aryl methyl sites for hydroxylation is 1. The smallest absolute Gasteiger partial charge is 0.241 e. The highest BCUT2D eigenvalue weighted by molar-refractivity contribution is 5.75. The average molecular weight is 221 g/mol. The largest absolute Gasteiger partial charge is 0.352 e. The Morgan fingerprint density at radius 3 is 2.88 bits per heavy atom. The molecule has 88 valence electrons. The van der Waals surface area contributed by atoms with Crippen LogP contribution in [0.5, 0.6) is 0 Å². The number of hydrogen-bond donors (Lipinski definition) is 1. The number of amides is 1. The van der Waals surface area contributed by atoms with E-state index in [0.29, 0.717) is 12.6 Å². The molecule has 0 saturated heterocycles. The van der Waals surface area contributed by atoms with Gasteiger partial charge in [0.1, 0.15) is 6.54 Å². The molecule has 1 heterocycles. The first-order valence-electron chi connectivity index (χ1n) is 6.02. The van der Waals surface area contributed by atoms with Crippen molar-refractivity contribution < 1.29 is 4.79 Å². The van der Waals surface area contributed by atoms with E-state index in [2.05, 4.69) is 10.4 Å². The first kappa shape index (κ1) is 11.2. The molecule has 0 aromatic carbocycles. The molecule has 2 rings (SSSR count). The zero-order valence-electron chi connectivity index (χ0n) is 9.78. The Labute approximate surface area is 96.0 Å². The Kier molecular flexibility index (Phi) is 3.59. The number of hydrogen-bond acceptors (Lipinski definition) is 2. The minimum atomic E-state index is 0.0787. The van der Waals surface area contributed by atoms with E-state index in [9.17, 15) is 4.79 Å². The van der Waals surface area contributed by atoms with E-state index in [1.807, 2.05) is 13.1 Å². The number of carbonyl (C=O) groups excluding carboxylic acids is 1. The van der Waals surface area contributed by atoms with Crippen molar-refractivity contribution in [1.82, 2.24) is 15.1 Å². The van der Waals surface area contributed by atoms with Crippen molar-refractivity contribution in [2.45, 2.75) is 51.6 Å². The summed E-state index contributed by atoms with van der Waals surface area (Å²) in [4.78, 5) is 11.7. The van der Waals surface area contributed by atoms with E-state index in [1.54, 1.807) is 10.9 Å². The molecule has 4 heteroatoms. The molecule has 1 saturated carbocycles. The normalized spacial score (nSPS) is 17.3. The van der Waals surface area contributed by atoms with Crippen LogP contribution >= 0.6 is 0 Å². The van der Waals surface area contributed by atoms with Gasteiger partial charge in [-0.1, -0.05) is 19.3 Å². The number of carbonyl (C=O) groups is 1. The van der Waals surface area contributed by atoms with Gasteiger partial charge >= 0.3 is 0 Å². The summed E-state index contributed by atoms with van der Waals surface area (Å²) in [6.45, 7) is 2.31. The van der Waals surface area contributed by atoms with E-state index in [0.717, 1.165) is 18.4 Å². The summed E-state index contributed by atoms with van der Waals surface area (Å²) in [5.41, 5.74) is 1.09. The standard InChI is InChI=1S/C12H19N3O/c1-10-7-13-15(8-10)9-12(16)14-11-5-3-2-4-6-11/h7-8,11H,2-6,9H2,1H3,(H,14,16). The van der Waals surface area contributed by atoms with Crippen molar-refractivity contribution in [2.75, 3.05) is 0 Å². The van der Waals surface area contributed by atoms with Gasteiger partial charge in [-0.05, 0) is 25.3 Å². The summed E-state index contributed by atoms with van der Waals surface area (Å²) in [7, 11) is 0. The van der Waals surface area contributed by atoms with Gasteiger partial charge in [0.15, 0.2) is 0 Å². The number of nitrogens with one attached hydrogen (secondary N) is 1. The van der Waals surface area contributed by atoms with Crippen LogP contribution in [-0.4, -0.2) is 21.7 Å². The van der Waals surface area contributed by atoms with Crippen LogP contribution in [0, 0.1) is 6.92 Å². The third-order valence-corrected chi connectivity index (χ3v) is 3.04. The molecule has 1 fully saturated rings. The van der Waals surface area contributed by atoms with Crippen molar-refractivity contribution in [2.24, 2.45) is 0 Å². The highest BCUT2D eigenvalue weighted by Crippen LogP contribution is 2.17. The van der Waals surface area contributed by atoms with Gasteiger partial charge in [-0.2, -0.15) is 5.10 Å². The number of nitrogens with zero attached hydrogens (tertiary/aromatic N) is 2. The molecule has 1 aromatic heterocycles. The maximum absolute atomic E-state index is 11.7. The maximum atomic E-state index is 11.7. The highest BCUT2D eigenvalue weighted by atomic mass is 16.2. The van der Waals surface area contributed by atoms with Gasteiger partial charge in [0.05, 0.1) is 6.20 Å². The van der Waals surface area contributed by atoms with Gasteiger partial charge in [-0.25, -0.2) is 0 Å². The van der Waals surface area contributed by atoms with Crippen LogP contribution in [-0.2, 0) is 11.3 Å². The molecule has 0 spiro atoms. The summed E-state index contributed by atoms with van der Waals surface area (Å²) >= 11 is 0. The SMILES string of the molecule is Cc1cnn(CC(=O)NC2CCCCC2)c1.